The Balaban J connectivity index is 0.000000181. The fraction of sp³-hybridized carbons (Fsp3) is 0.467. The molecule has 0 amide bonds. The van der Waals surface area contributed by atoms with Crippen LogP contribution in [0.4, 0.5) is 0 Å². The second-order valence-electron chi connectivity index (χ2n) is 9.71. The minimum atomic E-state index is -0.329. The van der Waals surface area contributed by atoms with Crippen molar-refractivity contribution in [1.82, 2.24) is 0 Å². The minimum absolute atomic E-state index is 0. The summed E-state index contributed by atoms with van der Waals surface area (Å²) in [7, 11) is 0. The van der Waals surface area contributed by atoms with Crippen molar-refractivity contribution in [3.8, 4) is 0 Å². The molecule has 206 valence electrons. The van der Waals surface area contributed by atoms with Crippen LogP contribution < -0.4 is 0 Å². The molecule has 1 saturated carbocycles. The summed E-state index contributed by atoms with van der Waals surface area (Å²) >= 11 is 0. The summed E-state index contributed by atoms with van der Waals surface area (Å²) in [6, 6.07) is 0. The van der Waals surface area contributed by atoms with E-state index in [1.54, 1.807) is 0 Å². The zero-order chi connectivity index (χ0) is 27.1. The van der Waals surface area contributed by atoms with Gasteiger partial charge in [0.2, 0.25) is 0 Å². The summed E-state index contributed by atoms with van der Waals surface area (Å²) < 4.78 is 18.9. The summed E-state index contributed by atoms with van der Waals surface area (Å²) in [5, 5.41) is 0. The molecule has 6 aliphatic rings. The molecule has 2 aliphatic carbocycles. The van der Waals surface area contributed by atoms with E-state index in [0.29, 0.717) is 41.8 Å². The third-order valence-corrected chi connectivity index (χ3v) is 6.91. The summed E-state index contributed by atoms with van der Waals surface area (Å²) in [4.78, 5) is 42.6. The third kappa shape index (κ3) is 8.16. The van der Waals surface area contributed by atoms with E-state index >= 15 is 0 Å². The van der Waals surface area contributed by atoms with Gasteiger partial charge in [0.15, 0.2) is 0 Å². The largest absolute Gasteiger partial charge is 0.432 e. The number of esters is 4. The predicted octanol–water partition coefficient (Wildman–Crippen LogP) is 5.98. The molecule has 4 aliphatic heterocycles. The van der Waals surface area contributed by atoms with Crippen LogP contribution in [0.15, 0.2) is 73.2 Å². The lowest BCUT2D eigenvalue weighted by Crippen LogP contribution is -2.19. The lowest BCUT2D eigenvalue weighted by molar-refractivity contribution is -0.140. The summed E-state index contributed by atoms with van der Waals surface area (Å²) in [6.07, 6.45) is 12.5. The number of rotatable bonds is 0. The average molecular weight is 527 g/mol. The Hall–Kier alpha value is -3.68. The van der Waals surface area contributed by atoms with Crippen LogP contribution in [0, 0.1) is 23.7 Å². The molecule has 8 heteroatoms. The topological polar surface area (TPSA) is 105 Å². The van der Waals surface area contributed by atoms with Gasteiger partial charge < -0.3 is 18.9 Å². The molecule has 3 saturated heterocycles. The van der Waals surface area contributed by atoms with Crippen molar-refractivity contribution in [2.45, 2.75) is 65.7 Å². The first-order valence-corrected chi connectivity index (χ1v) is 12.5. The Labute approximate surface area is 224 Å². The number of cyclic esters (lactones) is 4. The maximum atomic E-state index is 11.3. The van der Waals surface area contributed by atoms with Crippen molar-refractivity contribution in [3.05, 3.63) is 73.2 Å². The molecule has 6 rings (SSSR count). The van der Waals surface area contributed by atoms with Crippen LogP contribution in [0.2, 0.25) is 0 Å². The van der Waals surface area contributed by atoms with E-state index in [-0.39, 0.29) is 49.1 Å². The highest BCUT2D eigenvalue weighted by molar-refractivity contribution is 5.86. The molecule has 0 spiro atoms. The molecule has 4 heterocycles. The van der Waals surface area contributed by atoms with E-state index in [1.807, 2.05) is 0 Å². The van der Waals surface area contributed by atoms with E-state index in [9.17, 15) is 19.2 Å². The molecule has 0 aromatic heterocycles. The summed E-state index contributed by atoms with van der Waals surface area (Å²) in [5.74, 6) is 2.59. The fourth-order valence-electron chi connectivity index (χ4n) is 4.89. The van der Waals surface area contributed by atoms with Gasteiger partial charge in [0.05, 0.1) is 18.3 Å². The van der Waals surface area contributed by atoms with Crippen LogP contribution in [0.25, 0.3) is 0 Å². The number of hydrogen-bond donors (Lipinski definition) is 0. The summed E-state index contributed by atoms with van der Waals surface area (Å²) in [5.41, 5.74) is 1.29. The van der Waals surface area contributed by atoms with Gasteiger partial charge in [-0.2, -0.15) is 0 Å². The monoisotopic (exact) mass is 526 g/mol. The Bertz CT molecular complexity index is 1020. The van der Waals surface area contributed by atoms with E-state index in [1.165, 1.54) is 30.6 Å². The molecule has 38 heavy (non-hydrogen) atoms. The molecular formula is C30H38O8. The van der Waals surface area contributed by atoms with Crippen LogP contribution >= 0.6 is 0 Å². The van der Waals surface area contributed by atoms with E-state index < -0.39 is 0 Å². The molecular weight excluding hydrogens is 488 g/mol. The maximum Gasteiger partial charge on any atom is 0.336 e. The van der Waals surface area contributed by atoms with E-state index in [2.05, 4.69) is 48.8 Å². The zero-order valence-corrected chi connectivity index (χ0v) is 21.3. The van der Waals surface area contributed by atoms with Crippen LogP contribution in [-0.4, -0.2) is 23.9 Å². The van der Waals surface area contributed by atoms with Gasteiger partial charge in [0.25, 0.3) is 0 Å². The van der Waals surface area contributed by atoms with Crippen molar-refractivity contribution in [1.29, 1.82) is 0 Å². The van der Waals surface area contributed by atoms with Crippen LogP contribution in [-0.2, 0) is 38.1 Å². The summed E-state index contributed by atoms with van der Waals surface area (Å²) in [6.45, 7) is 16.4. The van der Waals surface area contributed by atoms with Gasteiger partial charge in [-0.1, -0.05) is 58.2 Å². The Morgan fingerprint density at radius 2 is 1.34 bits per heavy atom. The van der Waals surface area contributed by atoms with Gasteiger partial charge in [-0.15, -0.1) is 0 Å². The molecule has 4 fully saturated rings. The van der Waals surface area contributed by atoms with E-state index in [4.69, 9.17) is 9.47 Å². The smallest absolute Gasteiger partial charge is 0.336 e. The van der Waals surface area contributed by atoms with Gasteiger partial charge in [-0.3, -0.25) is 14.4 Å². The highest BCUT2D eigenvalue weighted by Crippen LogP contribution is 2.41. The molecule has 0 bridgehead atoms. The van der Waals surface area contributed by atoms with Gasteiger partial charge in [-0.05, 0) is 38.7 Å². The van der Waals surface area contributed by atoms with E-state index in [0.717, 1.165) is 25.7 Å². The van der Waals surface area contributed by atoms with Crippen molar-refractivity contribution < 1.29 is 38.1 Å². The Morgan fingerprint density at radius 3 is 1.79 bits per heavy atom. The molecule has 4 atom stereocenters. The Morgan fingerprint density at radius 1 is 0.737 bits per heavy atom. The number of hydrogen-bond acceptors (Lipinski definition) is 8. The van der Waals surface area contributed by atoms with Gasteiger partial charge in [0.1, 0.15) is 23.0 Å². The van der Waals surface area contributed by atoms with Gasteiger partial charge >= 0.3 is 23.9 Å². The predicted molar refractivity (Wildman–Crippen MR) is 141 cm³/mol. The normalized spacial score (nSPS) is 28.4. The SMILES string of the molecule is C.C=C1C=CC(=O)O1.C=C1CCC(=O)O1.C=C1OC(=O)C2CC(C)=CCC12.C=C1OC(=O)C2CCCCC12. The van der Waals surface area contributed by atoms with Gasteiger partial charge in [-0.25, -0.2) is 4.79 Å². The van der Waals surface area contributed by atoms with Crippen molar-refractivity contribution in [2.24, 2.45) is 23.7 Å². The van der Waals surface area contributed by atoms with Crippen molar-refractivity contribution >= 4 is 23.9 Å². The maximum absolute atomic E-state index is 11.3. The lowest BCUT2D eigenvalue weighted by Gasteiger charge is -2.20. The molecule has 0 aromatic carbocycles. The highest BCUT2D eigenvalue weighted by Gasteiger charge is 2.42. The highest BCUT2D eigenvalue weighted by atomic mass is 16.6. The number of carbonyl (C=O) groups excluding carboxylic acids is 4. The first-order chi connectivity index (χ1) is 17.5. The first-order valence-electron chi connectivity index (χ1n) is 12.5. The molecule has 0 radical (unpaired) electrons. The number of carbonyl (C=O) groups is 4. The lowest BCUT2D eigenvalue weighted by atomic mass is 9.80. The van der Waals surface area contributed by atoms with Gasteiger partial charge in [0, 0.05) is 24.3 Å². The second-order valence-corrected chi connectivity index (χ2v) is 9.71. The zero-order valence-electron chi connectivity index (χ0n) is 21.3. The fourth-order valence-corrected chi connectivity index (χ4v) is 4.89. The molecule has 0 aromatic rings. The number of allylic oxidation sites excluding steroid dienone is 6. The van der Waals surface area contributed by atoms with Crippen LogP contribution in [0.3, 0.4) is 0 Å². The first kappa shape index (κ1) is 30.5. The minimum Gasteiger partial charge on any atom is -0.432 e. The number of fused-ring (bicyclic) bond motifs is 2. The molecule has 4 unspecified atom stereocenters. The standard InChI is InChI=1S/C10H12O2.C9H12O2.C5H6O2.C5H4O2.CH4/c1-6-3-4-8-7(2)12-10(11)9(8)5-6;1-6-7-4-2-3-5-8(7)9(10)11-6;2*1-4-2-3-5(6)7-4;/h3,8-9H,2,4-5H2,1H3;7-8H,1-5H2;1-3H2;2-3H,1H2;1H4. The quantitative estimate of drug-likeness (QED) is 0.216. The molecule has 0 N–H and O–H groups in total. The second kappa shape index (κ2) is 13.7. The Kier molecular flexibility index (Phi) is 11.0. The van der Waals surface area contributed by atoms with Crippen molar-refractivity contribution in [3.63, 3.8) is 0 Å². The number of ether oxygens (including phenoxy) is 4. The molecule has 8 nitrogen and oxygen atoms in total. The third-order valence-electron chi connectivity index (χ3n) is 6.91. The van der Waals surface area contributed by atoms with Crippen molar-refractivity contribution in [2.75, 3.05) is 0 Å². The van der Waals surface area contributed by atoms with Crippen LogP contribution in [0.5, 0.6) is 0 Å². The van der Waals surface area contributed by atoms with Crippen LogP contribution in [0.1, 0.15) is 65.7 Å². The average Bonchev–Trinajstić information content (AvgIpc) is 3.58.